The highest BCUT2D eigenvalue weighted by molar-refractivity contribution is 5.83. The number of carboxylic acids is 1. The summed E-state index contributed by atoms with van der Waals surface area (Å²) >= 11 is 0. The van der Waals surface area contributed by atoms with E-state index in [0.29, 0.717) is 5.92 Å². The fourth-order valence-corrected chi connectivity index (χ4v) is 2.29. The van der Waals surface area contributed by atoms with E-state index < -0.39 is 5.97 Å². The number of unbranched alkanes of at least 4 members (excludes halogenated alkanes) is 1. The van der Waals surface area contributed by atoms with Crippen LogP contribution in [0.1, 0.15) is 50.7 Å². The zero-order valence-electron chi connectivity index (χ0n) is 11.9. The summed E-state index contributed by atoms with van der Waals surface area (Å²) in [5, 5.41) is 10.5. The van der Waals surface area contributed by atoms with Crippen molar-refractivity contribution in [2.45, 2.75) is 46.0 Å². The van der Waals surface area contributed by atoms with E-state index in [2.05, 4.69) is 19.9 Å². The zero-order chi connectivity index (χ0) is 14.1. The molecule has 0 fully saturated rings. The number of carboxylic acid groups (broad SMARTS) is 1. The number of carbonyl (C=O) groups is 1. The van der Waals surface area contributed by atoms with Gasteiger partial charge in [-0.05, 0) is 29.5 Å². The van der Waals surface area contributed by atoms with Crippen molar-refractivity contribution in [3.63, 3.8) is 0 Å². The zero-order valence-corrected chi connectivity index (χ0v) is 11.9. The lowest BCUT2D eigenvalue weighted by Crippen LogP contribution is -2.18. The average molecular weight is 259 g/mol. The number of hydrogen-bond donors (Lipinski definition) is 0. The molecule has 0 spiro atoms. The maximum absolute atomic E-state index is 10.5. The second kappa shape index (κ2) is 8.52. The van der Waals surface area contributed by atoms with Crippen LogP contribution in [0.3, 0.4) is 0 Å². The predicted molar refractivity (Wildman–Crippen MR) is 77.5 cm³/mol. The largest absolute Gasteiger partial charge is 0.545 e. The Morgan fingerprint density at radius 1 is 1.32 bits per heavy atom. The first kappa shape index (κ1) is 15.5. The molecule has 0 radical (unpaired) electrons. The van der Waals surface area contributed by atoms with Crippen LogP contribution in [0.15, 0.2) is 30.3 Å². The third-order valence-electron chi connectivity index (χ3n) is 3.51. The van der Waals surface area contributed by atoms with Gasteiger partial charge in [0.2, 0.25) is 0 Å². The third kappa shape index (κ3) is 5.73. The maximum Gasteiger partial charge on any atom is 0.0643 e. The Bertz CT molecular complexity index is 421. The Morgan fingerprint density at radius 2 is 2.05 bits per heavy atom. The molecule has 1 aromatic rings. The Hall–Kier alpha value is -1.57. The van der Waals surface area contributed by atoms with Gasteiger partial charge in [-0.3, -0.25) is 0 Å². The maximum atomic E-state index is 10.5. The van der Waals surface area contributed by atoms with Gasteiger partial charge in [-0.25, -0.2) is 0 Å². The second-order valence-corrected chi connectivity index (χ2v) is 4.97. The van der Waals surface area contributed by atoms with Gasteiger partial charge >= 0.3 is 0 Å². The van der Waals surface area contributed by atoms with Crippen LogP contribution in [0.4, 0.5) is 0 Å². The summed E-state index contributed by atoms with van der Waals surface area (Å²) in [6.07, 6.45) is 8.65. The monoisotopic (exact) mass is 259 g/mol. The van der Waals surface area contributed by atoms with Crippen LogP contribution in [0.5, 0.6) is 0 Å². The molecule has 1 aromatic carbocycles. The van der Waals surface area contributed by atoms with E-state index in [0.717, 1.165) is 18.1 Å². The molecule has 19 heavy (non-hydrogen) atoms. The van der Waals surface area contributed by atoms with Crippen molar-refractivity contribution >= 4 is 12.0 Å². The molecule has 0 saturated heterocycles. The normalized spacial score (nSPS) is 12.7. The molecular weight excluding hydrogens is 236 g/mol. The smallest absolute Gasteiger partial charge is 0.0643 e. The van der Waals surface area contributed by atoms with Gasteiger partial charge in [0.1, 0.15) is 0 Å². The van der Waals surface area contributed by atoms with Crippen LogP contribution >= 0.6 is 0 Å². The summed E-state index contributed by atoms with van der Waals surface area (Å²) in [5.41, 5.74) is 2.21. The van der Waals surface area contributed by atoms with Crippen molar-refractivity contribution < 1.29 is 9.90 Å². The molecule has 104 valence electrons. The standard InChI is InChI=1S/C17H24O2/c1-3-5-8-14(4-2)13-16-10-7-6-9-15(16)11-12-17(18)19/h6-7,9-12,14H,3-5,8,13H2,1-2H3,(H,18,19)/p-1/b12-11+. The second-order valence-electron chi connectivity index (χ2n) is 4.97. The number of rotatable bonds is 8. The minimum Gasteiger partial charge on any atom is -0.545 e. The Kier molecular flexibility index (Phi) is 6.94. The molecule has 0 N–H and O–H groups in total. The van der Waals surface area contributed by atoms with E-state index in [9.17, 15) is 9.90 Å². The molecular formula is C17H23O2-. The number of hydrogen-bond acceptors (Lipinski definition) is 2. The van der Waals surface area contributed by atoms with Crippen molar-refractivity contribution in [2.75, 3.05) is 0 Å². The first-order chi connectivity index (χ1) is 9.17. The van der Waals surface area contributed by atoms with Crippen molar-refractivity contribution in [3.05, 3.63) is 41.5 Å². The molecule has 0 amide bonds. The lowest BCUT2D eigenvalue weighted by atomic mass is 9.90. The van der Waals surface area contributed by atoms with E-state index in [4.69, 9.17) is 0 Å². The van der Waals surface area contributed by atoms with E-state index in [1.165, 1.54) is 31.2 Å². The van der Waals surface area contributed by atoms with Gasteiger partial charge in [0.15, 0.2) is 0 Å². The summed E-state index contributed by atoms with van der Waals surface area (Å²) in [6, 6.07) is 7.99. The van der Waals surface area contributed by atoms with Crippen LogP contribution in [-0.2, 0) is 11.2 Å². The van der Waals surface area contributed by atoms with E-state index in [1.54, 1.807) is 6.08 Å². The molecule has 1 rings (SSSR count). The molecule has 2 nitrogen and oxygen atoms in total. The molecule has 2 heteroatoms. The van der Waals surface area contributed by atoms with Crippen molar-refractivity contribution in [1.82, 2.24) is 0 Å². The summed E-state index contributed by atoms with van der Waals surface area (Å²) in [5.74, 6) is -0.467. The Labute approximate surface area is 116 Å². The Morgan fingerprint density at radius 3 is 2.68 bits per heavy atom. The van der Waals surface area contributed by atoms with Gasteiger partial charge in [0.05, 0.1) is 5.97 Å². The van der Waals surface area contributed by atoms with Crippen LogP contribution in [-0.4, -0.2) is 5.97 Å². The topological polar surface area (TPSA) is 40.1 Å². The molecule has 0 aliphatic heterocycles. The summed E-state index contributed by atoms with van der Waals surface area (Å²) in [4.78, 5) is 10.5. The van der Waals surface area contributed by atoms with E-state index in [1.807, 2.05) is 18.2 Å². The van der Waals surface area contributed by atoms with Crippen molar-refractivity contribution in [3.8, 4) is 0 Å². The molecule has 0 aliphatic carbocycles. The van der Waals surface area contributed by atoms with Crippen molar-refractivity contribution in [2.24, 2.45) is 5.92 Å². The fraction of sp³-hybridized carbons (Fsp3) is 0.471. The van der Waals surface area contributed by atoms with E-state index in [-0.39, 0.29) is 0 Å². The number of carbonyl (C=O) groups excluding carboxylic acids is 1. The van der Waals surface area contributed by atoms with Gasteiger partial charge in [0, 0.05) is 0 Å². The van der Waals surface area contributed by atoms with Gasteiger partial charge in [0.25, 0.3) is 0 Å². The molecule has 0 saturated carbocycles. The van der Waals surface area contributed by atoms with Gasteiger partial charge in [-0.1, -0.05) is 69.9 Å². The molecule has 0 bridgehead atoms. The van der Waals surface area contributed by atoms with Crippen LogP contribution < -0.4 is 5.11 Å². The predicted octanol–water partition coefficient (Wildman–Crippen LogP) is 3.21. The fourth-order valence-electron chi connectivity index (χ4n) is 2.29. The number of benzene rings is 1. The summed E-state index contributed by atoms with van der Waals surface area (Å²) < 4.78 is 0. The molecule has 1 atom stereocenters. The average Bonchev–Trinajstić information content (AvgIpc) is 2.42. The minimum absolute atomic E-state index is 0.678. The first-order valence-corrected chi connectivity index (χ1v) is 7.14. The lowest BCUT2D eigenvalue weighted by molar-refractivity contribution is -0.297. The minimum atomic E-state index is -1.15. The summed E-state index contributed by atoms with van der Waals surface area (Å²) in [6.45, 7) is 4.43. The highest BCUT2D eigenvalue weighted by Gasteiger charge is 2.08. The molecule has 0 aromatic heterocycles. The van der Waals surface area contributed by atoms with Crippen LogP contribution in [0.25, 0.3) is 6.08 Å². The number of aliphatic carboxylic acids is 1. The highest BCUT2D eigenvalue weighted by Crippen LogP contribution is 2.21. The lowest BCUT2D eigenvalue weighted by Gasteiger charge is -2.16. The van der Waals surface area contributed by atoms with Crippen molar-refractivity contribution in [1.29, 1.82) is 0 Å². The van der Waals surface area contributed by atoms with Crippen LogP contribution in [0, 0.1) is 5.92 Å². The van der Waals surface area contributed by atoms with Crippen LogP contribution in [0.2, 0.25) is 0 Å². The van der Waals surface area contributed by atoms with Gasteiger partial charge in [-0.15, -0.1) is 0 Å². The Balaban J connectivity index is 2.78. The molecule has 1 unspecified atom stereocenters. The first-order valence-electron chi connectivity index (χ1n) is 7.14. The van der Waals surface area contributed by atoms with Gasteiger partial charge < -0.3 is 9.90 Å². The molecule has 0 aliphatic rings. The third-order valence-corrected chi connectivity index (χ3v) is 3.51. The van der Waals surface area contributed by atoms with E-state index >= 15 is 0 Å². The molecule has 0 heterocycles. The quantitative estimate of drug-likeness (QED) is 0.673. The van der Waals surface area contributed by atoms with Gasteiger partial charge in [-0.2, -0.15) is 0 Å². The summed E-state index contributed by atoms with van der Waals surface area (Å²) in [7, 11) is 0. The SMILES string of the molecule is CCCCC(CC)Cc1ccccc1/C=C/C(=O)[O-]. The highest BCUT2D eigenvalue weighted by atomic mass is 16.4.